The average molecular weight is 505 g/mol. The van der Waals surface area contributed by atoms with Gasteiger partial charge in [0.2, 0.25) is 0 Å². The normalized spacial score (nSPS) is 17.1. The van der Waals surface area contributed by atoms with Crippen LogP contribution in [0.25, 0.3) is 22.4 Å². The fourth-order valence-electron chi connectivity index (χ4n) is 5.28. The van der Waals surface area contributed by atoms with Crippen molar-refractivity contribution in [2.24, 2.45) is 0 Å². The Balaban J connectivity index is 1.36. The zero-order valence-corrected chi connectivity index (χ0v) is 21.4. The van der Waals surface area contributed by atoms with E-state index < -0.39 is 5.82 Å². The summed E-state index contributed by atoms with van der Waals surface area (Å²) in [5, 5.41) is 3.02. The molecule has 0 saturated carbocycles. The maximum atomic E-state index is 15.4. The van der Waals surface area contributed by atoms with Crippen LogP contribution in [-0.2, 0) is 11.2 Å². The first-order chi connectivity index (χ1) is 18.1. The Labute approximate surface area is 216 Å². The molecule has 2 saturated heterocycles. The van der Waals surface area contributed by atoms with Crippen LogP contribution in [0.4, 0.5) is 10.2 Å². The number of morpholine rings is 1. The molecule has 0 aliphatic carbocycles. The van der Waals surface area contributed by atoms with E-state index in [1.165, 1.54) is 12.4 Å². The average Bonchev–Trinajstić information content (AvgIpc) is 2.97. The van der Waals surface area contributed by atoms with Gasteiger partial charge < -0.3 is 15.0 Å². The summed E-state index contributed by atoms with van der Waals surface area (Å²) in [5.41, 5.74) is 3.85. The number of hydrogen-bond acceptors (Lipinski definition) is 7. The third kappa shape index (κ3) is 5.33. The van der Waals surface area contributed by atoms with Crippen LogP contribution >= 0.6 is 0 Å². The number of aryl methyl sites for hydroxylation is 1. The minimum Gasteiger partial charge on any atom is -0.379 e. The highest BCUT2D eigenvalue weighted by atomic mass is 19.1. The largest absolute Gasteiger partial charge is 0.379 e. The van der Waals surface area contributed by atoms with Crippen molar-refractivity contribution in [3.63, 3.8) is 0 Å². The van der Waals surface area contributed by atoms with Gasteiger partial charge in [-0.15, -0.1) is 0 Å². The highest BCUT2D eigenvalue weighted by molar-refractivity contribution is 5.95. The highest BCUT2D eigenvalue weighted by Gasteiger charge is 2.29. The molecular formula is C28H33FN6O2. The maximum Gasteiger partial charge on any atom is 0.256 e. The molecule has 9 heteroatoms. The third-order valence-corrected chi connectivity index (χ3v) is 7.36. The summed E-state index contributed by atoms with van der Waals surface area (Å²) in [6, 6.07) is 9.07. The zero-order chi connectivity index (χ0) is 25.8. The van der Waals surface area contributed by atoms with Crippen LogP contribution in [0, 0.1) is 5.82 Å². The van der Waals surface area contributed by atoms with Crippen LogP contribution in [0.1, 0.15) is 35.8 Å². The monoisotopic (exact) mass is 504 g/mol. The molecule has 0 radical (unpaired) electrons. The topological polar surface area (TPSA) is 83.5 Å². The quantitative estimate of drug-likeness (QED) is 0.545. The van der Waals surface area contributed by atoms with E-state index in [9.17, 15) is 4.79 Å². The van der Waals surface area contributed by atoms with E-state index in [0.29, 0.717) is 36.8 Å². The van der Waals surface area contributed by atoms with E-state index >= 15 is 4.39 Å². The second-order valence-corrected chi connectivity index (χ2v) is 9.45. The molecule has 1 amide bonds. The van der Waals surface area contributed by atoms with Crippen LogP contribution < -0.4 is 5.32 Å². The van der Waals surface area contributed by atoms with Gasteiger partial charge in [0.15, 0.2) is 0 Å². The number of rotatable bonds is 6. The predicted molar refractivity (Wildman–Crippen MR) is 141 cm³/mol. The number of nitrogens with zero attached hydrogens (tertiary/aromatic N) is 5. The van der Waals surface area contributed by atoms with Gasteiger partial charge in [-0.25, -0.2) is 19.3 Å². The van der Waals surface area contributed by atoms with Gasteiger partial charge in [0.1, 0.15) is 18.0 Å². The van der Waals surface area contributed by atoms with Crippen molar-refractivity contribution in [3.05, 3.63) is 59.9 Å². The lowest BCUT2D eigenvalue weighted by Gasteiger charge is -2.40. The van der Waals surface area contributed by atoms with E-state index in [2.05, 4.69) is 25.2 Å². The van der Waals surface area contributed by atoms with Crippen molar-refractivity contribution in [1.29, 1.82) is 0 Å². The molecule has 2 aliphatic heterocycles. The first kappa shape index (κ1) is 25.2. The lowest BCUT2D eigenvalue weighted by molar-refractivity contribution is 0.00154. The molecule has 4 heterocycles. The van der Waals surface area contributed by atoms with Crippen molar-refractivity contribution in [2.75, 3.05) is 51.8 Å². The van der Waals surface area contributed by atoms with Crippen LogP contribution in [0.2, 0.25) is 0 Å². The summed E-state index contributed by atoms with van der Waals surface area (Å²) >= 11 is 0. The highest BCUT2D eigenvalue weighted by Crippen LogP contribution is 2.34. The van der Waals surface area contributed by atoms with E-state index in [-0.39, 0.29) is 11.5 Å². The summed E-state index contributed by atoms with van der Waals surface area (Å²) in [6.07, 6.45) is 5.76. The van der Waals surface area contributed by atoms with Crippen LogP contribution in [0.3, 0.4) is 0 Å². The Morgan fingerprint density at radius 2 is 1.81 bits per heavy atom. The predicted octanol–water partition coefficient (Wildman–Crippen LogP) is 3.89. The first-order valence-electron chi connectivity index (χ1n) is 13.0. The number of carbonyl (C=O) groups is 1. The van der Waals surface area contributed by atoms with Crippen LogP contribution in [-0.4, -0.2) is 83.1 Å². The molecule has 2 fully saturated rings. The number of nitrogens with one attached hydrogen (secondary N) is 1. The Morgan fingerprint density at radius 1 is 1.05 bits per heavy atom. The number of amides is 1. The van der Waals surface area contributed by atoms with Gasteiger partial charge in [-0.3, -0.25) is 9.69 Å². The number of ether oxygens (including phenoxy) is 1. The summed E-state index contributed by atoms with van der Waals surface area (Å²) < 4.78 is 20.8. The van der Waals surface area contributed by atoms with Crippen LogP contribution in [0.5, 0.6) is 0 Å². The number of anilines is 1. The molecule has 0 atom stereocenters. The zero-order valence-electron chi connectivity index (χ0n) is 21.4. The van der Waals surface area contributed by atoms with Gasteiger partial charge in [-0.2, -0.15) is 0 Å². The van der Waals surface area contributed by atoms with Crippen LogP contribution in [0.15, 0.2) is 42.9 Å². The molecule has 0 spiro atoms. The molecule has 5 rings (SSSR count). The maximum absolute atomic E-state index is 15.4. The van der Waals surface area contributed by atoms with Crippen molar-refractivity contribution in [2.45, 2.75) is 32.2 Å². The van der Waals surface area contributed by atoms with Gasteiger partial charge in [0.05, 0.1) is 30.2 Å². The second-order valence-electron chi connectivity index (χ2n) is 9.45. The molecule has 2 aliphatic rings. The van der Waals surface area contributed by atoms with Crippen molar-refractivity contribution in [1.82, 2.24) is 24.8 Å². The van der Waals surface area contributed by atoms with E-state index in [1.807, 2.05) is 26.1 Å². The smallest absolute Gasteiger partial charge is 0.256 e. The molecule has 1 aromatic carbocycles. The summed E-state index contributed by atoms with van der Waals surface area (Å²) in [6.45, 7) is 6.70. The molecule has 1 N–H and O–H groups in total. The minimum atomic E-state index is -0.538. The number of aromatic nitrogens is 3. The van der Waals surface area contributed by atoms with Gasteiger partial charge in [-0.1, -0.05) is 13.0 Å². The minimum absolute atomic E-state index is 0.0972. The molecule has 0 unspecified atom stereocenters. The Kier molecular flexibility index (Phi) is 7.71. The standard InChI is InChI=1S/C28H33FN6O2/c1-3-24-26(20-5-7-25(30-2)31-17-20)27(33-18-32-24)19-4-6-22(23(29)16-19)28(36)35-10-8-21(9-11-35)34-12-14-37-15-13-34/h4-7,16-18,21H,3,8-15H2,1-2H3,(H,30,31). The van der Waals surface area contributed by atoms with Gasteiger partial charge in [0.25, 0.3) is 5.91 Å². The van der Waals surface area contributed by atoms with E-state index in [1.54, 1.807) is 23.2 Å². The van der Waals surface area contributed by atoms with Gasteiger partial charge in [-0.05, 0) is 43.5 Å². The Hall–Kier alpha value is -3.43. The van der Waals surface area contributed by atoms with Crippen molar-refractivity contribution >= 4 is 11.7 Å². The molecule has 0 bridgehead atoms. The number of carbonyl (C=O) groups excluding carboxylic acids is 1. The van der Waals surface area contributed by atoms with Gasteiger partial charge in [0, 0.05) is 62.2 Å². The molecule has 194 valence electrons. The number of pyridine rings is 1. The summed E-state index contributed by atoms with van der Waals surface area (Å²) in [4.78, 5) is 30.8. The van der Waals surface area contributed by atoms with Crippen molar-refractivity contribution < 1.29 is 13.9 Å². The third-order valence-electron chi connectivity index (χ3n) is 7.36. The SMILES string of the molecule is CCc1ncnc(-c2ccc(C(=O)N3CCC(N4CCOCC4)CC3)c(F)c2)c1-c1ccc(NC)nc1. The lowest BCUT2D eigenvalue weighted by Crippen LogP contribution is -2.50. The number of halogens is 1. The number of hydrogen-bond donors (Lipinski definition) is 1. The first-order valence-corrected chi connectivity index (χ1v) is 13.0. The summed E-state index contributed by atoms with van der Waals surface area (Å²) in [7, 11) is 1.81. The number of piperidine rings is 1. The number of benzene rings is 1. The summed E-state index contributed by atoms with van der Waals surface area (Å²) in [5.74, 6) is -0.0411. The fourth-order valence-corrected chi connectivity index (χ4v) is 5.28. The molecule has 3 aromatic rings. The number of likely N-dealkylation sites (tertiary alicyclic amines) is 1. The molecular weight excluding hydrogens is 471 g/mol. The fraction of sp³-hybridized carbons (Fsp3) is 0.429. The second kappa shape index (κ2) is 11.3. The van der Waals surface area contributed by atoms with Crippen molar-refractivity contribution in [3.8, 4) is 22.4 Å². The molecule has 8 nitrogen and oxygen atoms in total. The Bertz CT molecular complexity index is 1240. The lowest BCUT2D eigenvalue weighted by atomic mass is 9.96. The Morgan fingerprint density at radius 3 is 2.46 bits per heavy atom. The molecule has 2 aromatic heterocycles. The van der Waals surface area contributed by atoms with E-state index in [4.69, 9.17) is 4.74 Å². The van der Waals surface area contributed by atoms with E-state index in [0.717, 1.165) is 61.8 Å². The molecule has 37 heavy (non-hydrogen) atoms. The van der Waals surface area contributed by atoms with Gasteiger partial charge >= 0.3 is 0 Å².